The van der Waals surface area contributed by atoms with Crippen molar-refractivity contribution in [1.82, 2.24) is 9.29 Å². The second-order valence-corrected chi connectivity index (χ2v) is 9.95. The second kappa shape index (κ2) is 9.51. The van der Waals surface area contributed by atoms with E-state index in [1.54, 1.807) is 36.4 Å². The molecule has 0 spiro atoms. The number of esters is 1. The third kappa shape index (κ3) is 4.45. The third-order valence-corrected chi connectivity index (χ3v) is 7.60. The molecule has 0 radical (unpaired) electrons. The van der Waals surface area contributed by atoms with E-state index in [0.717, 1.165) is 4.31 Å². The summed E-state index contributed by atoms with van der Waals surface area (Å²) in [6.07, 6.45) is 1.43. The van der Waals surface area contributed by atoms with Crippen LogP contribution in [0.4, 0.5) is 0 Å². The molecule has 4 aromatic rings. The van der Waals surface area contributed by atoms with Gasteiger partial charge < -0.3 is 23.6 Å². The molecule has 0 fully saturated rings. The number of furan rings is 1. The number of nitrogens with zero attached hydrogens (tertiary/aromatic N) is 1. The van der Waals surface area contributed by atoms with E-state index in [1.807, 2.05) is 0 Å². The van der Waals surface area contributed by atoms with Crippen LogP contribution in [0.25, 0.3) is 10.9 Å². The summed E-state index contributed by atoms with van der Waals surface area (Å²) in [5, 5.41) is 0.652. The molecule has 0 aliphatic carbocycles. The topological polar surface area (TPSA) is 128 Å². The molecule has 10 nitrogen and oxygen atoms in total. The Labute approximate surface area is 206 Å². The molecule has 3 heterocycles. The number of benzene rings is 2. The molecular weight excluding hydrogens is 488 g/mol. The number of methoxy groups -OCH3 is 1. The van der Waals surface area contributed by atoms with Gasteiger partial charge in [0.2, 0.25) is 10.0 Å². The second-order valence-electron chi connectivity index (χ2n) is 8.05. The van der Waals surface area contributed by atoms with Crippen molar-refractivity contribution >= 4 is 26.9 Å². The van der Waals surface area contributed by atoms with Crippen LogP contribution in [0.2, 0.25) is 0 Å². The monoisotopic (exact) mass is 510 g/mol. The molecule has 0 saturated carbocycles. The van der Waals surface area contributed by atoms with E-state index in [2.05, 4.69) is 4.98 Å². The minimum atomic E-state index is -4.27. The highest BCUT2D eigenvalue weighted by Crippen LogP contribution is 2.34. The van der Waals surface area contributed by atoms with Gasteiger partial charge in [0, 0.05) is 23.6 Å². The van der Waals surface area contributed by atoms with Gasteiger partial charge in [-0.05, 0) is 36.4 Å². The highest BCUT2D eigenvalue weighted by atomic mass is 32.2. The maximum Gasteiger partial charge on any atom is 0.339 e. The molecule has 1 N–H and O–H groups in total. The minimum Gasteiger partial charge on any atom is -0.486 e. The molecule has 0 amide bonds. The third-order valence-electron chi connectivity index (χ3n) is 5.75. The Morgan fingerprint density at radius 2 is 1.78 bits per heavy atom. The molecule has 2 aromatic heterocycles. The van der Waals surface area contributed by atoms with Crippen LogP contribution >= 0.6 is 0 Å². The number of hydrogen-bond acceptors (Lipinski definition) is 8. The van der Waals surface area contributed by atoms with Crippen molar-refractivity contribution in [2.75, 3.05) is 20.3 Å². The summed E-state index contributed by atoms with van der Waals surface area (Å²) in [4.78, 5) is 27.8. The number of pyridine rings is 1. The number of sulfonamides is 1. The van der Waals surface area contributed by atoms with E-state index in [9.17, 15) is 18.0 Å². The van der Waals surface area contributed by atoms with Crippen molar-refractivity contribution in [3.05, 3.63) is 88.1 Å². The Kier molecular flexibility index (Phi) is 6.25. The molecule has 0 bridgehead atoms. The number of aromatic amines is 1. The van der Waals surface area contributed by atoms with Crippen LogP contribution in [0.3, 0.4) is 0 Å². The summed E-state index contributed by atoms with van der Waals surface area (Å²) in [5.74, 6) is 0.644. The highest BCUT2D eigenvalue weighted by molar-refractivity contribution is 7.89. The molecular formula is C25H22N2O8S. The van der Waals surface area contributed by atoms with Gasteiger partial charge in [0.15, 0.2) is 11.5 Å². The van der Waals surface area contributed by atoms with Crippen molar-refractivity contribution in [2.24, 2.45) is 0 Å². The largest absolute Gasteiger partial charge is 0.486 e. The summed E-state index contributed by atoms with van der Waals surface area (Å²) >= 11 is 0. The SMILES string of the molecule is COC(=O)c1ccccc1S(=O)(=O)N(Cc1ccco1)Cc1cc2cc3c(cc2[nH]c1=O)OCCO3. The molecule has 1 aliphatic heterocycles. The van der Waals surface area contributed by atoms with Gasteiger partial charge >= 0.3 is 5.97 Å². The first kappa shape index (κ1) is 23.6. The summed E-state index contributed by atoms with van der Waals surface area (Å²) in [6.45, 7) is 0.374. The molecule has 0 unspecified atom stereocenters. The standard InChI is InChI=1S/C25H22N2O8S/c1-32-25(29)19-6-2-3-7-23(19)36(30,31)27(15-18-5-4-8-33-18)14-17-11-16-12-21-22(35-10-9-34-21)13-20(16)26-24(17)28/h2-8,11-13H,9-10,14-15H2,1H3,(H,26,28). The lowest BCUT2D eigenvalue weighted by Crippen LogP contribution is -2.33. The number of fused-ring (bicyclic) bond motifs is 2. The highest BCUT2D eigenvalue weighted by Gasteiger charge is 2.31. The van der Waals surface area contributed by atoms with Gasteiger partial charge in [-0.3, -0.25) is 4.79 Å². The van der Waals surface area contributed by atoms with E-state index in [1.165, 1.54) is 31.6 Å². The van der Waals surface area contributed by atoms with Gasteiger partial charge in [0.25, 0.3) is 5.56 Å². The quantitative estimate of drug-likeness (QED) is 0.376. The smallest absolute Gasteiger partial charge is 0.339 e. The van der Waals surface area contributed by atoms with Crippen LogP contribution in [0.1, 0.15) is 21.7 Å². The maximum atomic E-state index is 13.8. The Bertz CT molecular complexity index is 1590. The first-order chi connectivity index (χ1) is 17.4. The van der Waals surface area contributed by atoms with Crippen molar-refractivity contribution in [3.63, 3.8) is 0 Å². The van der Waals surface area contributed by atoms with Crippen molar-refractivity contribution in [2.45, 2.75) is 18.0 Å². The first-order valence-corrected chi connectivity index (χ1v) is 12.5. The van der Waals surface area contributed by atoms with Crippen LogP contribution in [-0.4, -0.2) is 44.0 Å². The van der Waals surface area contributed by atoms with Gasteiger partial charge in [-0.1, -0.05) is 12.1 Å². The Morgan fingerprint density at radius 3 is 2.50 bits per heavy atom. The number of ether oxygens (including phenoxy) is 3. The summed E-state index contributed by atoms with van der Waals surface area (Å²) in [6, 6.07) is 14.0. The molecule has 0 saturated heterocycles. The first-order valence-electron chi connectivity index (χ1n) is 11.0. The van der Waals surface area contributed by atoms with Gasteiger partial charge in [-0.15, -0.1) is 0 Å². The normalized spacial score (nSPS) is 13.2. The Hall–Kier alpha value is -4.09. The van der Waals surface area contributed by atoms with Crippen LogP contribution in [0, 0.1) is 0 Å². The average Bonchev–Trinajstić information content (AvgIpc) is 3.40. The Morgan fingerprint density at radius 1 is 1.03 bits per heavy atom. The number of hydrogen-bond donors (Lipinski definition) is 1. The van der Waals surface area contributed by atoms with E-state index in [0.29, 0.717) is 41.4 Å². The zero-order valence-corrected chi connectivity index (χ0v) is 20.0. The molecule has 0 atom stereocenters. The van der Waals surface area contributed by atoms with Gasteiger partial charge in [0.05, 0.1) is 35.9 Å². The van der Waals surface area contributed by atoms with Gasteiger partial charge in [-0.2, -0.15) is 4.31 Å². The van der Waals surface area contributed by atoms with Crippen LogP contribution in [-0.2, 0) is 27.8 Å². The summed E-state index contributed by atoms with van der Waals surface area (Å²) < 4.78 is 50.0. The fraction of sp³-hybridized carbons (Fsp3) is 0.200. The predicted octanol–water partition coefficient (Wildman–Crippen LogP) is 3.07. The number of nitrogens with one attached hydrogen (secondary N) is 1. The minimum absolute atomic E-state index is 0.111. The maximum absolute atomic E-state index is 13.8. The lowest BCUT2D eigenvalue weighted by atomic mass is 10.1. The summed E-state index contributed by atoms with van der Waals surface area (Å²) in [5.41, 5.74) is 0.162. The number of aromatic nitrogens is 1. The zero-order valence-electron chi connectivity index (χ0n) is 19.2. The van der Waals surface area contributed by atoms with Crippen LogP contribution < -0.4 is 15.0 Å². The van der Waals surface area contributed by atoms with Crippen LogP contribution in [0.15, 0.2) is 75.0 Å². The van der Waals surface area contributed by atoms with E-state index in [4.69, 9.17) is 18.6 Å². The fourth-order valence-corrected chi connectivity index (χ4v) is 5.57. The van der Waals surface area contributed by atoms with E-state index < -0.39 is 21.6 Å². The molecule has 36 heavy (non-hydrogen) atoms. The number of rotatable bonds is 7. The zero-order chi connectivity index (χ0) is 25.3. The van der Waals surface area contributed by atoms with Crippen molar-refractivity contribution in [3.8, 4) is 11.5 Å². The lowest BCUT2D eigenvalue weighted by Gasteiger charge is -2.23. The summed E-state index contributed by atoms with van der Waals surface area (Å²) in [7, 11) is -3.10. The fourth-order valence-electron chi connectivity index (χ4n) is 4.01. The van der Waals surface area contributed by atoms with E-state index in [-0.39, 0.29) is 29.1 Å². The average molecular weight is 511 g/mol. The molecule has 2 aromatic carbocycles. The number of carbonyl (C=O) groups excluding carboxylic acids is 1. The van der Waals surface area contributed by atoms with Gasteiger partial charge in [-0.25, -0.2) is 13.2 Å². The molecule has 186 valence electrons. The number of carbonyl (C=O) groups is 1. The lowest BCUT2D eigenvalue weighted by molar-refractivity contribution is 0.0596. The van der Waals surface area contributed by atoms with Crippen molar-refractivity contribution in [1.29, 1.82) is 0 Å². The van der Waals surface area contributed by atoms with E-state index >= 15 is 0 Å². The van der Waals surface area contributed by atoms with Gasteiger partial charge in [0.1, 0.15) is 19.0 Å². The molecule has 1 aliphatic rings. The van der Waals surface area contributed by atoms with Crippen molar-refractivity contribution < 1.29 is 31.8 Å². The van der Waals surface area contributed by atoms with Crippen LogP contribution in [0.5, 0.6) is 11.5 Å². The molecule has 5 rings (SSSR count). The number of H-pyrrole nitrogens is 1. The predicted molar refractivity (Wildman–Crippen MR) is 128 cm³/mol. The Balaban J connectivity index is 1.58. The molecule has 11 heteroatoms.